The van der Waals surface area contributed by atoms with Gasteiger partial charge in [-0.3, -0.25) is 4.79 Å². The standard InChI is InChI=1S/C25H19F6IN2O2/c26-24(27,28)17-9-15(10-18(11-17)25(29,30)31)14-34-7-4-8-36-22-21(23(34)35)20(12-19(13-32)33-22)16-5-2-1-3-6-16/h1-3,5-6,9-12H,4,7-8,13-14H2. The minimum atomic E-state index is -4.98. The van der Waals surface area contributed by atoms with Gasteiger partial charge in [-0.1, -0.05) is 52.9 Å². The van der Waals surface area contributed by atoms with Crippen molar-refractivity contribution in [1.29, 1.82) is 0 Å². The number of ether oxygens (including phenoxy) is 1. The molecule has 0 aliphatic carbocycles. The fraction of sp³-hybridized carbons (Fsp3) is 0.280. The van der Waals surface area contributed by atoms with Gasteiger partial charge < -0.3 is 9.64 Å². The first-order chi connectivity index (χ1) is 17.0. The summed E-state index contributed by atoms with van der Waals surface area (Å²) in [5.74, 6) is -0.486. The molecule has 2 aromatic carbocycles. The monoisotopic (exact) mass is 620 g/mol. The van der Waals surface area contributed by atoms with E-state index in [4.69, 9.17) is 4.74 Å². The highest BCUT2D eigenvalue weighted by atomic mass is 127. The summed E-state index contributed by atoms with van der Waals surface area (Å²) in [6.45, 7) is -0.176. The molecule has 0 N–H and O–H groups in total. The number of aromatic nitrogens is 1. The molecule has 0 unspecified atom stereocenters. The van der Waals surface area contributed by atoms with Crippen LogP contribution in [0.2, 0.25) is 0 Å². The van der Waals surface area contributed by atoms with Crippen molar-refractivity contribution < 1.29 is 35.9 Å². The van der Waals surface area contributed by atoms with Crippen LogP contribution in [-0.4, -0.2) is 28.9 Å². The molecule has 1 aliphatic rings. The Bertz CT molecular complexity index is 1230. The van der Waals surface area contributed by atoms with Crippen LogP contribution in [-0.2, 0) is 23.3 Å². The van der Waals surface area contributed by atoms with Gasteiger partial charge in [0.15, 0.2) is 0 Å². The number of carbonyl (C=O) groups is 1. The van der Waals surface area contributed by atoms with Gasteiger partial charge in [-0.2, -0.15) is 26.3 Å². The molecule has 0 bridgehead atoms. The molecule has 0 fully saturated rings. The van der Waals surface area contributed by atoms with E-state index in [1.54, 1.807) is 30.3 Å². The van der Waals surface area contributed by atoms with Crippen LogP contribution in [0.1, 0.15) is 39.2 Å². The van der Waals surface area contributed by atoms with Gasteiger partial charge in [0.05, 0.1) is 23.4 Å². The van der Waals surface area contributed by atoms with E-state index in [1.165, 1.54) is 4.90 Å². The largest absolute Gasteiger partial charge is 0.477 e. The van der Waals surface area contributed by atoms with Crippen molar-refractivity contribution in [3.63, 3.8) is 0 Å². The van der Waals surface area contributed by atoms with Crippen molar-refractivity contribution >= 4 is 28.5 Å². The quantitative estimate of drug-likeness (QED) is 0.177. The van der Waals surface area contributed by atoms with Crippen LogP contribution in [0.15, 0.2) is 54.6 Å². The predicted octanol–water partition coefficient (Wildman–Crippen LogP) is 7.15. The zero-order valence-electron chi connectivity index (χ0n) is 18.6. The number of pyridine rings is 1. The van der Waals surface area contributed by atoms with E-state index in [-0.39, 0.29) is 36.2 Å². The molecule has 0 atom stereocenters. The maximum atomic E-state index is 13.7. The lowest BCUT2D eigenvalue weighted by molar-refractivity contribution is -0.143. The van der Waals surface area contributed by atoms with E-state index in [0.29, 0.717) is 39.8 Å². The fourth-order valence-corrected chi connectivity index (χ4v) is 4.35. The number of rotatable bonds is 4. The number of amides is 1. The lowest BCUT2D eigenvalue weighted by Gasteiger charge is -2.28. The molecular weight excluding hydrogens is 601 g/mol. The Morgan fingerprint density at radius 3 is 2.17 bits per heavy atom. The van der Waals surface area contributed by atoms with Crippen molar-refractivity contribution in [1.82, 2.24) is 9.88 Å². The first-order valence-electron chi connectivity index (χ1n) is 10.8. The smallest absolute Gasteiger partial charge is 0.416 e. The van der Waals surface area contributed by atoms with E-state index < -0.39 is 35.9 Å². The molecule has 36 heavy (non-hydrogen) atoms. The number of nitrogens with zero attached hydrogens (tertiary/aromatic N) is 2. The Balaban J connectivity index is 1.80. The first kappa shape index (κ1) is 26.2. The van der Waals surface area contributed by atoms with Gasteiger partial charge in [0, 0.05) is 23.1 Å². The summed E-state index contributed by atoms with van der Waals surface area (Å²) in [5.41, 5.74) is -1.09. The number of carbonyl (C=O) groups excluding carboxylic acids is 1. The Labute approximate surface area is 216 Å². The van der Waals surface area contributed by atoms with E-state index >= 15 is 0 Å². The van der Waals surface area contributed by atoms with Crippen molar-refractivity contribution in [2.24, 2.45) is 0 Å². The van der Waals surface area contributed by atoms with E-state index in [2.05, 4.69) is 27.6 Å². The van der Waals surface area contributed by atoms with Crippen molar-refractivity contribution in [2.75, 3.05) is 13.2 Å². The Morgan fingerprint density at radius 1 is 0.944 bits per heavy atom. The molecular formula is C25H19F6IN2O2. The maximum Gasteiger partial charge on any atom is 0.416 e. The lowest BCUT2D eigenvalue weighted by Crippen LogP contribution is -2.35. The van der Waals surface area contributed by atoms with E-state index in [9.17, 15) is 31.1 Å². The second-order valence-corrected chi connectivity index (χ2v) is 8.95. The lowest BCUT2D eigenvalue weighted by atomic mass is 9.98. The zero-order valence-corrected chi connectivity index (χ0v) is 20.7. The topological polar surface area (TPSA) is 42.4 Å². The molecule has 4 rings (SSSR count). The fourth-order valence-electron chi connectivity index (χ4n) is 3.96. The van der Waals surface area contributed by atoms with Gasteiger partial charge in [-0.25, -0.2) is 4.98 Å². The van der Waals surface area contributed by atoms with Crippen LogP contribution in [0.3, 0.4) is 0 Å². The molecule has 11 heteroatoms. The molecule has 1 aromatic heterocycles. The normalized spacial score (nSPS) is 14.6. The molecule has 1 amide bonds. The Kier molecular flexibility index (Phi) is 7.48. The third kappa shape index (κ3) is 5.76. The molecule has 2 heterocycles. The van der Waals surface area contributed by atoms with Gasteiger partial charge in [0.25, 0.3) is 5.91 Å². The van der Waals surface area contributed by atoms with Gasteiger partial charge >= 0.3 is 12.4 Å². The van der Waals surface area contributed by atoms with E-state index in [1.807, 2.05) is 6.07 Å². The summed E-state index contributed by atoms with van der Waals surface area (Å²) >= 11 is 2.13. The molecule has 1 aliphatic heterocycles. The van der Waals surface area contributed by atoms with Gasteiger partial charge in [0.1, 0.15) is 5.56 Å². The molecule has 4 nitrogen and oxygen atoms in total. The Morgan fingerprint density at radius 2 is 1.58 bits per heavy atom. The number of hydrogen-bond acceptors (Lipinski definition) is 3. The summed E-state index contributed by atoms with van der Waals surface area (Å²) in [6, 6.07) is 12.1. The third-order valence-corrected chi connectivity index (χ3v) is 6.38. The van der Waals surface area contributed by atoms with Crippen molar-refractivity contribution in [3.05, 3.63) is 82.5 Å². The number of hydrogen-bond donors (Lipinski definition) is 0. The average Bonchev–Trinajstić information content (AvgIpc) is 2.83. The second-order valence-electron chi connectivity index (χ2n) is 8.18. The maximum absolute atomic E-state index is 13.7. The second kappa shape index (κ2) is 10.3. The van der Waals surface area contributed by atoms with Crippen LogP contribution >= 0.6 is 22.6 Å². The number of fused-ring (bicyclic) bond motifs is 1. The average molecular weight is 620 g/mol. The van der Waals surface area contributed by atoms with Crippen LogP contribution in [0.25, 0.3) is 11.1 Å². The minimum absolute atomic E-state index is 0.0743. The number of alkyl halides is 7. The molecule has 3 aromatic rings. The van der Waals surface area contributed by atoms with Gasteiger partial charge in [-0.15, -0.1) is 0 Å². The minimum Gasteiger partial charge on any atom is -0.477 e. The van der Waals surface area contributed by atoms with Gasteiger partial charge in [0.2, 0.25) is 5.88 Å². The molecule has 0 saturated carbocycles. The van der Waals surface area contributed by atoms with Gasteiger partial charge in [-0.05, 0) is 41.8 Å². The summed E-state index contributed by atoms with van der Waals surface area (Å²) in [6.07, 6.45) is -9.62. The number of benzene rings is 2. The molecule has 0 saturated heterocycles. The predicted molar refractivity (Wildman–Crippen MR) is 129 cm³/mol. The van der Waals surface area contributed by atoms with E-state index in [0.717, 1.165) is 0 Å². The van der Waals surface area contributed by atoms with Crippen molar-refractivity contribution in [2.45, 2.75) is 29.7 Å². The summed E-state index contributed by atoms with van der Waals surface area (Å²) in [7, 11) is 0. The molecule has 190 valence electrons. The summed E-state index contributed by atoms with van der Waals surface area (Å²) < 4.78 is 86.4. The van der Waals surface area contributed by atoms with Crippen LogP contribution < -0.4 is 4.74 Å². The molecule has 0 radical (unpaired) electrons. The third-order valence-electron chi connectivity index (χ3n) is 5.59. The highest BCUT2D eigenvalue weighted by Gasteiger charge is 2.37. The Hall–Kier alpha value is -2.83. The summed E-state index contributed by atoms with van der Waals surface area (Å²) in [4.78, 5) is 19.4. The zero-order chi connectivity index (χ0) is 26.1. The van der Waals surface area contributed by atoms with Crippen LogP contribution in [0.4, 0.5) is 26.3 Å². The van der Waals surface area contributed by atoms with Crippen LogP contribution in [0.5, 0.6) is 5.88 Å². The SMILES string of the molecule is O=C1c2c(-c3ccccc3)cc(CI)nc2OCCCN1Cc1cc(C(F)(F)F)cc(C(F)(F)F)c1. The first-order valence-corrected chi connectivity index (χ1v) is 12.4. The highest BCUT2D eigenvalue weighted by molar-refractivity contribution is 14.1. The highest BCUT2D eigenvalue weighted by Crippen LogP contribution is 2.38. The number of halogens is 7. The summed E-state index contributed by atoms with van der Waals surface area (Å²) in [5, 5.41) is 0. The van der Waals surface area contributed by atoms with Crippen molar-refractivity contribution in [3.8, 4) is 17.0 Å². The van der Waals surface area contributed by atoms with Crippen LogP contribution in [0, 0.1) is 0 Å². The molecule has 0 spiro atoms.